The number of carboxylic acid groups (broad SMARTS) is 1. The number of aliphatic carboxylic acids is 1. The molecule has 0 radical (unpaired) electrons. The van der Waals surface area contributed by atoms with Gasteiger partial charge in [-0.3, -0.25) is 0 Å². The molecule has 2 aliphatic heterocycles. The minimum absolute atomic E-state index is 0.227. The smallest absolute Gasteiger partial charge is 0.326 e. The van der Waals surface area contributed by atoms with E-state index in [1.807, 2.05) is 0 Å². The van der Waals surface area contributed by atoms with E-state index in [0.29, 0.717) is 25.4 Å². The van der Waals surface area contributed by atoms with E-state index in [1.165, 1.54) is 4.90 Å². The summed E-state index contributed by atoms with van der Waals surface area (Å²) in [6, 6.07) is -0.870. The number of rotatable bonds is 3. The van der Waals surface area contributed by atoms with Gasteiger partial charge in [0.15, 0.2) is 0 Å². The normalized spacial score (nSPS) is 28.6. The molecule has 6 heteroatoms. The third-order valence-electron chi connectivity index (χ3n) is 3.83. The average Bonchev–Trinajstić information content (AvgIpc) is 2.94. The van der Waals surface area contributed by atoms with Crippen LogP contribution >= 0.6 is 0 Å². The summed E-state index contributed by atoms with van der Waals surface area (Å²) in [5, 5.41) is 11.9. The van der Waals surface area contributed by atoms with Crippen molar-refractivity contribution in [2.24, 2.45) is 5.92 Å². The molecule has 2 aliphatic rings. The van der Waals surface area contributed by atoms with Crippen LogP contribution in [0.2, 0.25) is 0 Å². The predicted molar refractivity (Wildman–Crippen MR) is 66.4 cm³/mol. The SMILES string of the molecule is CN1CCC(CNC(=O)N2CCC[C@@H]2C(=O)O)C1. The number of carbonyl (C=O) groups is 2. The lowest BCUT2D eigenvalue weighted by Crippen LogP contribution is -2.47. The summed E-state index contributed by atoms with van der Waals surface area (Å²) in [6.45, 7) is 3.27. The lowest BCUT2D eigenvalue weighted by atomic mass is 10.1. The Balaban J connectivity index is 1.79. The lowest BCUT2D eigenvalue weighted by molar-refractivity contribution is -0.141. The Morgan fingerprint density at radius 2 is 2.11 bits per heavy atom. The zero-order chi connectivity index (χ0) is 13.1. The molecule has 0 aliphatic carbocycles. The fourth-order valence-electron chi connectivity index (χ4n) is 2.79. The molecule has 1 unspecified atom stereocenters. The lowest BCUT2D eigenvalue weighted by Gasteiger charge is -2.22. The Morgan fingerprint density at radius 3 is 2.72 bits per heavy atom. The van der Waals surface area contributed by atoms with Gasteiger partial charge in [0, 0.05) is 19.6 Å². The van der Waals surface area contributed by atoms with Gasteiger partial charge < -0.3 is 20.2 Å². The summed E-state index contributed by atoms with van der Waals surface area (Å²) >= 11 is 0. The van der Waals surface area contributed by atoms with Gasteiger partial charge >= 0.3 is 12.0 Å². The van der Waals surface area contributed by atoms with Gasteiger partial charge in [0.05, 0.1) is 0 Å². The highest BCUT2D eigenvalue weighted by Crippen LogP contribution is 2.18. The van der Waals surface area contributed by atoms with Crippen LogP contribution in [-0.2, 0) is 4.79 Å². The molecule has 2 saturated heterocycles. The molecule has 102 valence electrons. The highest BCUT2D eigenvalue weighted by atomic mass is 16.4. The second kappa shape index (κ2) is 5.56. The van der Waals surface area contributed by atoms with E-state index in [2.05, 4.69) is 17.3 Å². The molecule has 2 rings (SSSR count). The molecule has 0 aromatic heterocycles. The average molecular weight is 255 g/mol. The molecule has 0 spiro atoms. The topological polar surface area (TPSA) is 72.9 Å². The second-order valence-corrected chi connectivity index (χ2v) is 5.29. The van der Waals surface area contributed by atoms with Gasteiger partial charge in [0.25, 0.3) is 0 Å². The molecule has 18 heavy (non-hydrogen) atoms. The monoisotopic (exact) mass is 255 g/mol. The molecule has 0 bridgehead atoms. The van der Waals surface area contributed by atoms with Crippen LogP contribution in [0.5, 0.6) is 0 Å². The maximum absolute atomic E-state index is 11.9. The summed E-state index contributed by atoms with van der Waals surface area (Å²) in [6.07, 6.45) is 2.44. The van der Waals surface area contributed by atoms with E-state index in [-0.39, 0.29) is 6.03 Å². The van der Waals surface area contributed by atoms with E-state index < -0.39 is 12.0 Å². The van der Waals surface area contributed by atoms with Crippen molar-refractivity contribution >= 4 is 12.0 Å². The molecule has 2 atom stereocenters. The standard InChI is InChI=1S/C12H21N3O3/c1-14-6-4-9(8-14)7-13-12(18)15-5-2-3-10(15)11(16)17/h9-10H,2-8H2,1H3,(H,13,18)(H,16,17)/t9?,10-/m1/s1. The van der Waals surface area contributed by atoms with Crippen molar-refractivity contribution in [2.75, 3.05) is 33.2 Å². The number of nitrogens with one attached hydrogen (secondary N) is 1. The maximum Gasteiger partial charge on any atom is 0.326 e. The van der Waals surface area contributed by atoms with E-state index in [4.69, 9.17) is 5.11 Å². The first-order valence-electron chi connectivity index (χ1n) is 6.53. The van der Waals surface area contributed by atoms with E-state index >= 15 is 0 Å². The zero-order valence-corrected chi connectivity index (χ0v) is 10.8. The highest BCUT2D eigenvalue weighted by molar-refractivity contribution is 5.83. The number of urea groups is 1. The van der Waals surface area contributed by atoms with Crippen molar-refractivity contribution in [1.29, 1.82) is 0 Å². The van der Waals surface area contributed by atoms with Crippen LogP contribution in [0.1, 0.15) is 19.3 Å². The highest BCUT2D eigenvalue weighted by Gasteiger charge is 2.34. The minimum Gasteiger partial charge on any atom is -0.480 e. The fraction of sp³-hybridized carbons (Fsp3) is 0.833. The van der Waals surface area contributed by atoms with Gasteiger partial charge in [-0.15, -0.1) is 0 Å². The molecule has 2 amide bonds. The van der Waals surface area contributed by atoms with E-state index in [0.717, 1.165) is 25.9 Å². The number of hydrogen-bond donors (Lipinski definition) is 2. The van der Waals surface area contributed by atoms with Crippen LogP contribution in [0, 0.1) is 5.92 Å². The Hall–Kier alpha value is -1.30. The number of carboxylic acids is 1. The second-order valence-electron chi connectivity index (χ2n) is 5.29. The third-order valence-corrected chi connectivity index (χ3v) is 3.83. The number of hydrogen-bond acceptors (Lipinski definition) is 3. The largest absolute Gasteiger partial charge is 0.480 e. The van der Waals surface area contributed by atoms with Crippen molar-refractivity contribution in [3.05, 3.63) is 0 Å². The van der Waals surface area contributed by atoms with Crippen LogP contribution < -0.4 is 5.32 Å². The first-order chi connectivity index (χ1) is 8.58. The molecule has 0 aromatic rings. The van der Waals surface area contributed by atoms with Crippen molar-refractivity contribution in [3.8, 4) is 0 Å². The Morgan fingerprint density at radius 1 is 1.33 bits per heavy atom. The van der Waals surface area contributed by atoms with Crippen LogP contribution in [-0.4, -0.2) is 66.2 Å². The molecule has 0 aromatic carbocycles. The Bertz CT molecular complexity index is 335. The van der Waals surface area contributed by atoms with Gasteiger partial charge in [0.1, 0.15) is 6.04 Å². The summed E-state index contributed by atoms with van der Waals surface area (Å²) in [5.41, 5.74) is 0. The minimum atomic E-state index is -0.900. The van der Waals surface area contributed by atoms with Gasteiger partial charge in [-0.05, 0) is 38.8 Å². The number of nitrogens with zero attached hydrogens (tertiary/aromatic N) is 2. The fourth-order valence-corrected chi connectivity index (χ4v) is 2.79. The quantitative estimate of drug-likeness (QED) is 0.755. The first kappa shape index (κ1) is 13.1. The van der Waals surface area contributed by atoms with Crippen molar-refractivity contribution in [3.63, 3.8) is 0 Å². The molecule has 2 N–H and O–H groups in total. The van der Waals surface area contributed by atoms with Crippen LogP contribution in [0.15, 0.2) is 0 Å². The van der Waals surface area contributed by atoms with Crippen LogP contribution in [0.25, 0.3) is 0 Å². The van der Waals surface area contributed by atoms with Gasteiger partial charge in [0.2, 0.25) is 0 Å². The van der Waals surface area contributed by atoms with Gasteiger partial charge in [-0.1, -0.05) is 0 Å². The molecule has 2 fully saturated rings. The molecule has 0 saturated carbocycles. The first-order valence-corrected chi connectivity index (χ1v) is 6.53. The number of amides is 2. The van der Waals surface area contributed by atoms with Crippen molar-refractivity contribution in [1.82, 2.24) is 15.1 Å². The molecular formula is C12H21N3O3. The van der Waals surface area contributed by atoms with Gasteiger partial charge in [-0.2, -0.15) is 0 Å². The predicted octanol–water partition coefficient (Wildman–Crippen LogP) is 0.197. The van der Waals surface area contributed by atoms with Crippen LogP contribution in [0.4, 0.5) is 4.79 Å². The Labute approximate surface area is 107 Å². The number of carbonyl (C=O) groups excluding carboxylic acids is 1. The maximum atomic E-state index is 11.9. The summed E-state index contributed by atoms with van der Waals surface area (Å²) in [7, 11) is 2.07. The van der Waals surface area contributed by atoms with Gasteiger partial charge in [-0.25, -0.2) is 9.59 Å². The summed E-state index contributed by atoms with van der Waals surface area (Å²) in [4.78, 5) is 26.6. The third kappa shape index (κ3) is 2.93. The van der Waals surface area contributed by atoms with E-state index in [1.54, 1.807) is 0 Å². The molecular weight excluding hydrogens is 234 g/mol. The summed E-state index contributed by atoms with van der Waals surface area (Å²) < 4.78 is 0. The van der Waals surface area contributed by atoms with Crippen molar-refractivity contribution in [2.45, 2.75) is 25.3 Å². The number of likely N-dealkylation sites (tertiary alicyclic amines) is 2. The Kier molecular flexibility index (Phi) is 4.06. The van der Waals surface area contributed by atoms with Crippen molar-refractivity contribution < 1.29 is 14.7 Å². The molecule has 6 nitrogen and oxygen atoms in total. The summed E-state index contributed by atoms with van der Waals surface area (Å²) in [5.74, 6) is -0.409. The van der Waals surface area contributed by atoms with E-state index in [9.17, 15) is 9.59 Å². The zero-order valence-electron chi connectivity index (χ0n) is 10.8. The van der Waals surface area contributed by atoms with Crippen LogP contribution in [0.3, 0.4) is 0 Å². The molecule has 2 heterocycles.